The van der Waals surface area contributed by atoms with Gasteiger partial charge >= 0.3 is 11.9 Å². The molecule has 0 radical (unpaired) electrons. The van der Waals surface area contributed by atoms with Gasteiger partial charge in [-0.25, -0.2) is 9.79 Å². The molecule has 1 aromatic carbocycles. The maximum absolute atomic E-state index is 13.3. The van der Waals surface area contributed by atoms with Crippen molar-refractivity contribution in [2.45, 2.75) is 57.3 Å². The van der Waals surface area contributed by atoms with Gasteiger partial charge in [0.15, 0.2) is 5.90 Å². The van der Waals surface area contributed by atoms with E-state index in [-0.39, 0.29) is 38.0 Å². The lowest BCUT2D eigenvalue weighted by molar-refractivity contribution is -0.257. The molecule has 0 spiro atoms. The third-order valence-electron chi connectivity index (χ3n) is 8.19. The van der Waals surface area contributed by atoms with Crippen molar-refractivity contribution in [2.75, 3.05) is 40.1 Å². The van der Waals surface area contributed by atoms with Crippen molar-refractivity contribution in [1.82, 2.24) is 5.32 Å². The maximum Gasteiger partial charge on any atom is 0.336 e. The number of fused-ring (bicyclic) bond motifs is 1. The van der Waals surface area contributed by atoms with Gasteiger partial charge in [-0.3, -0.25) is 14.6 Å². The van der Waals surface area contributed by atoms with E-state index in [1.54, 1.807) is 38.1 Å². The Balaban J connectivity index is 1.25. The fourth-order valence-corrected chi connectivity index (χ4v) is 6.16. The second-order valence-corrected chi connectivity index (χ2v) is 11.4. The summed E-state index contributed by atoms with van der Waals surface area (Å²) < 4.78 is 28.0. The number of allylic oxidation sites excluding steroid dienone is 1. The van der Waals surface area contributed by atoms with Crippen LogP contribution in [0.4, 0.5) is 0 Å². The second kappa shape index (κ2) is 14.5. The fraction of sp³-hybridized carbons (Fsp3) is 0.485. The van der Waals surface area contributed by atoms with Crippen LogP contribution in [0.15, 0.2) is 69.3 Å². The molecule has 11 nitrogen and oxygen atoms in total. The van der Waals surface area contributed by atoms with Crippen LogP contribution in [0.2, 0.25) is 5.02 Å². The van der Waals surface area contributed by atoms with Crippen molar-refractivity contribution in [3.63, 3.8) is 0 Å². The monoisotopic (exact) mass is 639 g/mol. The Morgan fingerprint density at radius 1 is 1.22 bits per heavy atom. The Morgan fingerprint density at radius 2 is 2.02 bits per heavy atom. The predicted octanol–water partition coefficient (Wildman–Crippen LogP) is 4.22. The van der Waals surface area contributed by atoms with Gasteiger partial charge in [0.1, 0.15) is 5.92 Å². The van der Waals surface area contributed by atoms with E-state index in [0.29, 0.717) is 47.3 Å². The predicted molar refractivity (Wildman–Crippen MR) is 167 cm³/mol. The van der Waals surface area contributed by atoms with Crippen molar-refractivity contribution in [3.8, 4) is 0 Å². The highest BCUT2D eigenvalue weighted by Crippen LogP contribution is 2.42. The highest BCUT2D eigenvalue weighted by Gasteiger charge is 2.50. The summed E-state index contributed by atoms with van der Waals surface area (Å²) >= 11 is 6.56. The molecule has 12 heteroatoms. The van der Waals surface area contributed by atoms with Gasteiger partial charge in [-0.05, 0) is 43.9 Å². The average molecular weight is 640 g/mol. The second-order valence-electron chi connectivity index (χ2n) is 11.0. The Hall–Kier alpha value is -3.80. The number of halogens is 1. The van der Waals surface area contributed by atoms with Gasteiger partial charge in [0.2, 0.25) is 0 Å². The molecule has 3 heterocycles. The summed E-state index contributed by atoms with van der Waals surface area (Å²) in [5.41, 5.74) is 2.76. The summed E-state index contributed by atoms with van der Waals surface area (Å²) in [7, 11) is 1.28. The minimum Gasteiger partial charge on any atom is -0.468 e. The van der Waals surface area contributed by atoms with Gasteiger partial charge in [-0.1, -0.05) is 48.0 Å². The lowest BCUT2D eigenvalue weighted by atomic mass is 9.75. The van der Waals surface area contributed by atoms with Gasteiger partial charge < -0.3 is 29.0 Å². The first-order chi connectivity index (χ1) is 21.8. The molecule has 1 aromatic rings. The molecule has 3 aliphatic heterocycles. The number of rotatable bonds is 11. The molecule has 45 heavy (non-hydrogen) atoms. The first-order valence-corrected chi connectivity index (χ1v) is 15.5. The van der Waals surface area contributed by atoms with E-state index in [4.69, 9.17) is 35.3 Å². The van der Waals surface area contributed by atoms with Crippen LogP contribution in [-0.2, 0) is 38.1 Å². The number of nitrogens with zero attached hydrogens (tertiary/aromatic N) is 2. The number of methoxy groups -OCH3 is 1. The molecule has 4 aliphatic rings. The third-order valence-corrected chi connectivity index (χ3v) is 8.54. The van der Waals surface area contributed by atoms with Crippen molar-refractivity contribution >= 4 is 41.1 Å². The van der Waals surface area contributed by atoms with E-state index in [2.05, 4.69) is 33.5 Å². The number of hydrogen-bond donors (Lipinski definition) is 1. The van der Waals surface area contributed by atoms with Gasteiger partial charge in [0, 0.05) is 36.0 Å². The Morgan fingerprint density at radius 3 is 2.73 bits per heavy atom. The van der Waals surface area contributed by atoms with E-state index >= 15 is 0 Å². The van der Waals surface area contributed by atoms with Crippen LogP contribution >= 0.6 is 11.6 Å². The smallest absolute Gasteiger partial charge is 0.336 e. The number of aliphatic imine (C=N–C) groups is 2. The summed E-state index contributed by atoms with van der Waals surface area (Å²) in [4.78, 5) is 48.7. The van der Waals surface area contributed by atoms with Crippen LogP contribution in [0, 0.1) is 5.92 Å². The molecule has 4 unspecified atom stereocenters. The van der Waals surface area contributed by atoms with E-state index < -0.39 is 35.5 Å². The van der Waals surface area contributed by atoms with Crippen molar-refractivity contribution < 1.29 is 38.1 Å². The number of ether oxygens (including phenoxy) is 5. The molecule has 240 valence electrons. The van der Waals surface area contributed by atoms with Crippen LogP contribution in [0.1, 0.15) is 51.0 Å². The molecule has 0 aromatic heterocycles. The highest BCUT2D eigenvalue weighted by molar-refractivity contribution is 6.31. The zero-order valence-electron chi connectivity index (χ0n) is 25.7. The van der Waals surface area contributed by atoms with E-state index in [1.165, 1.54) is 12.7 Å². The minimum atomic E-state index is -1.42. The number of esters is 2. The molecule has 1 amide bonds. The SMILES string of the molecule is CCOC(=O)C1=C(COCCNC(=O)C2(OC3=NC4C=CCCC4=CC3)CCO2)N=C(C)C(C(=O)OC)C1c1ccccc1Cl. The van der Waals surface area contributed by atoms with Crippen molar-refractivity contribution in [1.29, 1.82) is 0 Å². The standard InChI is InChI=1S/C33H38ClN3O8/c1-4-43-31(39)29-25(36-20(2)27(30(38)41-3)28(29)22-10-6-7-11-23(22)34)19-42-18-16-35-32(40)33(15-17-44-33)45-26-14-13-21-9-5-8-12-24(21)37-26/h6-8,10-13,24,27-28H,4-5,9,14-19H2,1-3H3,(H,35,40). The zero-order chi connectivity index (χ0) is 32.0. The molecule has 1 fully saturated rings. The average Bonchev–Trinajstić information content (AvgIpc) is 3.02. The van der Waals surface area contributed by atoms with E-state index in [0.717, 1.165) is 12.8 Å². The number of dihydropyridines is 1. The van der Waals surface area contributed by atoms with E-state index in [9.17, 15) is 14.4 Å². The van der Waals surface area contributed by atoms with Crippen LogP contribution < -0.4 is 5.32 Å². The first kappa shape index (κ1) is 32.6. The normalized spacial score (nSPS) is 25.6. The van der Waals surface area contributed by atoms with E-state index in [1.807, 2.05) is 0 Å². The number of hydrogen-bond acceptors (Lipinski definition) is 10. The molecule has 4 atom stereocenters. The first-order valence-electron chi connectivity index (χ1n) is 15.2. The lowest BCUT2D eigenvalue weighted by Crippen LogP contribution is -2.59. The topological polar surface area (TPSA) is 134 Å². The summed E-state index contributed by atoms with van der Waals surface area (Å²) in [6.45, 7) is 4.10. The number of carbonyl (C=O) groups excluding carboxylic acids is 3. The quantitative estimate of drug-likeness (QED) is 0.216. The van der Waals surface area contributed by atoms with Gasteiger partial charge in [0.25, 0.3) is 11.7 Å². The van der Waals surface area contributed by atoms with Crippen LogP contribution in [0.3, 0.4) is 0 Å². The summed E-state index contributed by atoms with van der Waals surface area (Å²) in [5.74, 6) is -4.22. The molecule has 1 saturated heterocycles. The highest BCUT2D eigenvalue weighted by atomic mass is 35.5. The van der Waals surface area contributed by atoms with Crippen LogP contribution in [-0.4, -0.2) is 81.4 Å². The number of benzene rings is 1. The molecule has 0 bridgehead atoms. The molecule has 1 aliphatic carbocycles. The Labute approximate surface area is 267 Å². The van der Waals surface area contributed by atoms with Gasteiger partial charge in [0.05, 0.1) is 50.8 Å². The fourth-order valence-electron chi connectivity index (χ4n) is 5.90. The molecule has 5 rings (SSSR count). The zero-order valence-corrected chi connectivity index (χ0v) is 26.4. The largest absolute Gasteiger partial charge is 0.468 e. The minimum absolute atomic E-state index is 0.0450. The van der Waals surface area contributed by atoms with Crippen molar-refractivity contribution in [3.05, 3.63) is 69.9 Å². The third kappa shape index (κ3) is 7.05. The summed E-state index contributed by atoms with van der Waals surface area (Å²) in [6.07, 6.45) is 9.19. The molecular weight excluding hydrogens is 602 g/mol. The Kier molecular flexibility index (Phi) is 10.5. The maximum atomic E-state index is 13.3. The van der Waals surface area contributed by atoms with Crippen molar-refractivity contribution in [2.24, 2.45) is 15.9 Å². The molecule has 0 saturated carbocycles. The summed E-state index contributed by atoms with van der Waals surface area (Å²) in [5, 5.41) is 3.21. The number of amides is 1. The molecule has 1 N–H and O–H groups in total. The van der Waals surface area contributed by atoms with Crippen LogP contribution in [0.25, 0.3) is 0 Å². The summed E-state index contributed by atoms with van der Waals surface area (Å²) in [6, 6.07) is 6.95. The Bertz CT molecular complexity index is 1480. The van der Waals surface area contributed by atoms with Gasteiger partial charge in [-0.15, -0.1) is 0 Å². The van der Waals surface area contributed by atoms with Gasteiger partial charge in [-0.2, -0.15) is 0 Å². The number of carbonyl (C=O) groups is 3. The van der Waals surface area contributed by atoms with Crippen LogP contribution in [0.5, 0.6) is 0 Å². The number of nitrogens with one attached hydrogen (secondary N) is 1. The molecular formula is C33H38ClN3O8. The lowest BCUT2D eigenvalue weighted by Gasteiger charge is -2.40.